The first-order valence-corrected chi connectivity index (χ1v) is 11.3. The van der Waals surface area contributed by atoms with E-state index in [1.165, 1.54) is 12.2 Å². The smallest absolute Gasteiger partial charge is 0.390 e. The lowest BCUT2D eigenvalue weighted by Crippen LogP contribution is -2.40. The van der Waals surface area contributed by atoms with Gasteiger partial charge in [-0.1, -0.05) is 6.58 Å². The van der Waals surface area contributed by atoms with Crippen LogP contribution < -0.4 is 0 Å². The van der Waals surface area contributed by atoms with Crippen LogP contribution in [0.25, 0.3) is 0 Å². The van der Waals surface area contributed by atoms with E-state index in [-0.39, 0.29) is 1.43 Å². The molecule has 0 atom stereocenters. The summed E-state index contributed by atoms with van der Waals surface area (Å²) in [5.74, 6) is 1.22. The van der Waals surface area contributed by atoms with Gasteiger partial charge in [0.2, 0.25) is 0 Å². The zero-order valence-corrected chi connectivity index (χ0v) is 15.6. The minimum atomic E-state index is -2.43. The first-order chi connectivity index (χ1) is 9.57. The van der Waals surface area contributed by atoms with Crippen molar-refractivity contribution in [1.82, 2.24) is 0 Å². The molecule has 1 aliphatic heterocycles. The van der Waals surface area contributed by atoms with Crippen molar-refractivity contribution < 1.29 is 23.6 Å². The minimum absolute atomic E-state index is 0. The van der Waals surface area contributed by atoms with Gasteiger partial charge in [0.1, 0.15) is 0 Å². The highest BCUT2D eigenvalue weighted by Crippen LogP contribution is 2.35. The van der Waals surface area contributed by atoms with Gasteiger partial charge in [-0.25, -0.2) is 0 Å². The molecule has 0 aliphatic carbocycles. The third-order valence-corrected chi connectivity index (χ3v) is 11.6. The van der Waals surface area contributed by atoms with Crippen LogP contribution in [0.5, 0.6) is 0 Å². The molecule has 7 nitrogen and oxygen atoms in total. The molecule has 1 heterocycles. The summed E-state index contributed by atoms with van der Waals surface area (Å²) in [7, 11) is 4.05. The fourth-order valence-corrected chi connectivity index (χ4v) is 7.85. The van der Waals surface area contributed by atoms with Gasteiger partial charge in [-0.2, -0.15) is 0 Å². The molecule has 1 aliphatic rings. The summed E-state index contributed by atoms with van der Waals surface area (Å²) in [6.07, 6.45) is 1.26. The van der Waals surface area contributed by atoms with Crippen LogP contribution in [0.3, 0.4) is 0 Å². The number of nitrogens with zero attached hydrogens (tertiary/aromatic N) is 2. The standard InChI is InChI=1S/C5H12O3Si.C5H12O2SSi.N2.H2/c1-5-9(6-2,7-3)8-4;1-6-9(7-2)5-3-4-8-9;1-2;/h5H,1H2,2-4H3;3-5H2,1-2H3;;1H/i;;;1+1. The monoisotopic (exact) mass is 343 g/mol. The molecule has 0 aromatic heterocycles. The van der Waals surface area contributed by atoms with Crippen molar-refractivity contribution in [2.75, 3.05) is 41.3 Å². The molecule has 0 radical (unpaired) electrons. The second kappa shape index (κ2) is 12.5. The van der Waals surface area contributed by atoms with Crippen LogP contribution >= 0.6 is 11.2 Å². The molecule has 0 saturated carbocycles. The first-order valence-electron chi connectivity index (χ1n) is 5.81. The summed E-state index contributed by atoms with van der Waals surface area (Å²) >= 11 is 1.88. The fourth-order valence-electron chi connectivity index (χ4n) is 1.49. The van der Waals surface area contributed by atoms with Crippen LogP contribution in [0.15, 0.2) is 12.3 Å². The summed E-state index contributed by atoms with van der Waals surface area (Å²) in [6.45, 7) is 3.53. The Balaban J connectivity index is -0.000000264. The topological polar surface area (TPSA) is 93.7 Å². The van der Waals surface area contributed by atoms with Crippen LogP contribution in [0.4, 0.5) is 0 Å². The van der Waals surface area contributed by atoms with Crippen LogP contribution in [0.2, 0.25) is 6.04 Å². The fraction of sp³-hybridized carbons (Fsp3) is 0.800. The van der Waals surface area contributed by atoms with Crippen molar-refractivity contribution in [2.45, 2.75) is 12.5 Å². The second-order valence-electron chi connectivity index (χ2n) is 3.46. The summed E-state index contributed by atoms with van der Waals surface area (Å²) in [4.78, 5) is 0. The Labute approximate surface area is 128 Å². The maximum absolute atomic E-state index is 6.00. The molecule has 1 rings (SSSR count). The lowest BCUT2D eigenvalue weighted by molar-refractivity contribution is 0.138. The lowest BCUT2D eigenvalue weighted by atomic mass is 10.6. The molecule has 120 valence electrons. The van der Waals surface area contributed by atoms with Crippen LogP contribution in [0.1, 0.15) is 7.85 Å². The van der Waals surface area contributed by atoms with Crippen LogP contribution in [-0.2, 0) is 22.1 Å². The number of hydrogen-bond acceptors (Lipinski definition) is 8. The van der Waals surface area contributed by atoms with E-state index in [1.54, 1.807) is 41.2 Å². The van der Waals surface area contributed by atoms with E-state index >= 15 is 0 Å². The predicted molar refractivity (Wildman–Crippen MR) is 84.2 cm³/mol. The summed E-state index contributed by atoms with van der Waals surface area (Å²) < 4.78 is 25.5. The molecular formula is C10H26N2O5SSi2. The van der Waals surface area contributed by atoms with Gasteiger partial charge in [-0.15, -0.1) is 11.2 Å². The van der Waals surface area contributed by atoms with Crippen molar-refractivity contribution in [3.63, 3.8) is 0 Å². The summed E-state index contributed by atoms with van der Waals surface area (Å²) in [6, 6.07) is 1.16. The van der Waals surface area contributed by atoms with Gasteiger partial charge < -0.3 is 22.1 Å². The van der Waals surface area contributed by atoms with Gasteiger partial charge in [-0.3, -0.25) is 0 Å². The highest BCUT2D eigenvalue weighted by molar-refractivity contribution is 8.27. The largest absolute Gasteiger partial charge is 0.528 e. The normalized spacial score (nSPS) is 16.4. The van der Waals surface area contributed by atoms with E-state index in [0.29, 0.717) is 0 Å². The van der Waals surface area contributed by atoms with Gasteiger partial charge in [0.25, 0.3) is 0 Å². The molecule has 0 N–H and O–H groups in total. The number of hydrogen-bond donors (Lipinski definition) is 0. The van der Waals surface area contributed by atoms with Gasteiger partial charge in [-0.05, 0) is 17.9 Å². The molecule has 0 amide bonds. The Morgan fingerprint density at radius 2 is 1.55 bits per heavy atom. The first kappa shape index (κ1) is 22.0. The average molecular weight is 344 g/mol. The minimum Gasteiger partial charge on any atom is -0.390 e. The van der Waals surface area contributed by atoms with E-state index in [2.05, 4.69) is 6.58 Å². The predicted octanol–water partition coefficient (Wildman–Crippen LogP) is 2.22. The van der Waals surface area contributed by atoms with Crippen molar-refractivity contribution in [2.24, 2.45) is 0 Å². The average Bonchev–Trinajstić information content (AvgIpc) is 3.02. The van der Waals surface area contributed by atoms with Gasteiger partial charge in [0, 0.05) is 53.8 Å². The zero-order chi connectivity index (χ0) is 16.1. The quantitative estimate of drug-likeness (QED) is 0.535. The SMILES string of the molecule is C=C[Si](OC)(OC)OC.CO[Si]1(OC)CCCS1.N#N.[2HH]. The van der Waals surface area contributed by atoms with Gasteiger partial charge in [0.15, 0.2) is 0 Å². The molecule has 0 aromatic rings. The third-order valence-electron chi connectivity index (χ3n) is 2.67. The Kier molecular flexibility index (Phi) is 13.7. The molecule has 1 saturated heterocycles. The molecule has 0 spiro atoms. The maximum atomic E-state index is 6.00. The Bertz CT molecular complexity index is 265. The lowest BCUT2D eigenvalue weighted by Gasteiger charge is -2.19. The third kappa shape index (κ3) is 6.96. The van der Waals surface area contributed by atoms with E-state index in [9.17, 15) is 0 Å². The van der Waals surface area contributed by atoms with Gasteiger partial charge >= 0.3 is 16.5 Å². The zero-order valence-electron chi connectivity index (χ0n) is 12.7. The van der Waals surface area contributed by atoms with E-state index in [0.717, 1.165) is 6.04 Å². The second-order valence-corrected chi connectivity index (χ2v) is 12.4. The highest BCUT2D eigenvalue weighted by Gasteiger charge is 2.40. The molecular weight excluding hydrogens is 316 g/mol. The Morgan fingerprint density at radius 1 is 1.10 bits per heavy atom. The van der Waals surface area contributed by atoms with Crippen LogP contribution in [-0.4, -0.2) is 57.8 Å². The Hall–Kier alpha value is -0.256. The van der Waals surface area contributed by atoms with Crippen molar-refractivity contribution >= 4 is 27.7 Å². The van der Waals surface area contributed by atoms with E-state index in [1.807, 2.05) is 11.2 Å². The Morgan fingerprint density at radius 3 is 1.65 bits per heavy atom. The summed E-state index contributed by atoms with van der Waals surface area (Å²) in [5, 5.41) is 12.0. The molecule has 0 unspecified atom stereocenters. The number of rotatable bonds is 6. The van der Waals surface area contributed by atoms with Crippen molar-refractivity contribution in [3.8, 4) is 0 Å². The van der Waals surface area contributed by atoms with Crippen LogP contribution in [0, 0.1) is 10.8 Å². The summed E-state index contributed by atoms with van der Waals surface area (Å²) in [5.41, 5.74) is 1.58. The maximum Gasteiger partial charge on any atom is 0.528 e. The highest BCUT2D eigenvalue weighted by atomic mass is 32.4. The molecule has 20 heavy (non-hydrogen) atoms. The van der Waals surface area contributed by atoms with E-state index < -0.39 is 16.5 Å². The molecule has 1 fully saturated rings. The molecule has 0 aromatic carbocycles. The van der Waals surface area contributed by atoms with Crippen molar-refractivity contribution in [1.29, 1.82) is 10.8 Å². The molecule has 0 bridgehead atoms. The van der Waals surface area contributed by atoms with E-state index in [4.69, 9.17) is 32.9 Å². The van der Waals surface area contributed by atoms with Crippen molar-refractivity contribution in [3.05, 3.63) is 12.3 Å². The molecule has 10 heteroatoms. The van der Waals surface area contributed by atoms with Gasteiger partial charge in [0.05, 0.1) is 0 Å².